The van der Waals surface area contributed by atoms with Gasteiger partial charge in [-0.15, -0.1) is 0 Å². The highest BCUT2D eigenvalue weighted by molar-refractivity contribution is 5.73. The van der Waals surface area contributed by atoms with Gasteiger partial charge in [0.2, 0.25) is 0 Å². The summed E-state index contributed by atoms with van der Waals surface area (Å²) in [6.45, 7) is 4.11. The second kappa shape index (κ2) is 5.19. The van der Waals surface area contributed by atoms with Crippen LogP contribution in [0.2, 0.25) is 0 Å². The number of nitrogens with zero attached hydrogens (tertiary/aromatic N) is 1. The highest BCUT2D eigenvalue weighted by atomic mass is 16.4. The fraction of sp³-hybridized carbons (Fsp3) is 0.500. The standard InChI is InChI=1S/C14H19N3O2/c1-17-12-6-10(2-3-13(12)19-14(17)18)7-16-9-11-4-5-15-8-11/h2-3,6,11,15-16H,4-5,7-9H2,1H3. The number of hydrogen-bond acceptors (Lipinski definition) is 4. The van der Waals surface area contributed by atoms with E-state index in [1.807, 2.05) is 18.2 Å². The molecule has 0 aliphatic carbocycles. The van der Waals surface area contributed by atoms with Crippen LogP contribution in [0.4, 0.5) is 0 Å². The first-order chi connectivity index (χ1) is 9.24. The summed E-state index contributed by atoms with van der Waals surface area (Å²) in [5.41, 5.74) is 2.68. The van der Waals surface area contributed by atoms with Gasteiger partial charge in [-0.25, -0.2) is 4.79 Å². The molecular formula is C14H19N3O2. The Morgan fingerprint density at radius 3 is 3.21 bits per heavy atom. The fourth-order valence-electron chi connectivity index (χ4n) is 2.59. The van der Waals surface area contributed by atoms with Crippen molar-refractivity contribution in [1.29, 1.82) is 0 Å². The first-order valence-corrected chi connectivity index (χ1v) is 6.74. The van der Waals surface area contributed by atoms with Crippen molar-refractivity contribution in [2.45, 2.75) is 13.0 Å². The van der Waals surface area contributed by atoms with Crippen LogP contribution in [0.5, 0.6) is 0 Å². The Morgan fingerprint density at radius 1 is 1.53 bits per heavy atom. The molecule has 1 unspecified atom stereocenters. The summed E-state index contributed by atoms with van der Waals surface area (Å²) in [5, 5.41) is 6.84. The normalized spacial score (nSPS) is 19.3. The number of benzene rings is 1. The van der Waals surface area contributed by atoms with Gasteiger partial charge in [0, 0.05) is 13.6 Å². The molecular weight excluding hydrogens is 242 g/mol. The van der Waals surface area contributed by atoms with Crippen molar-refractivity contribution in [3.63, 3.8) is 0 Å². The molecule has 0 spiro atoms. The molecule has 102 valence electrons. The molecule has 1 aliphatic rings. The van der Waals surface area contributed by atoms with Crippen LogP contribution in [0.1, 0.15) is 12.0 Å². The average Bonchev–Trinajstić information content (AvgIpc) is 3.01. The van der Waals surface area contributed by atoms with Crippen LogP contribution in [0, 0.1) is 5.92 Å². The lowest BCUT2D eigenvalue weighted by atomic mass is 10.1. The van der Waals surface area contributed by atoms with Crippen LogP contribution < -0.4 is 16.4 Å². The van der Waals surface area contributed by atoms with Crippen LogP contribution in [-0.2, 0) is 13.6 Å². The molecule has 2 heterocycles. The number of aromatic nitrogens is 1. The van der Waals surface area contributed by atoms with Crippen molar-refractivity contribution in [2.75, 3.05) is 19.6 Å². The molecule has 3 rings (SSSR count). The molecule has 0 saturated carbocycles. The maximum Gasteiger partial charge on any atom is 0.419 e. The van der Waals surface area contributed by atoms with Gasteiger partial charge in [0.1, 0.15) is 0 Å². The molecule has 2 N–H and O–H groups in total. The number of nitrogens with one attached hydrogen (secondary N) is 2. The smallest absolute Gasteiger partial charge is 0.408 e. The monoisotopic (exact) mass is 261 g/mol. The summed E-state index contributed by atoms with van der Waals surface area (Å²) in [6.07, 6.45) is 1.25. The Morgan fingerprint density at radius 2 is 2.42 bits per heavy atom. The van der Waals surface area contributed by atoms with Crippen LogP contribution >= 0.6 is 0 Å². The zero-order chi connectivity index (χ0) is 13.2. The molecule has 1 aromatic heterocycles. The Balaban J connectivity index is 1.67. The molecule has 2 aromatic rings. The number of aryl methyl sites for hydroxylation is 1. The third-order valence-electron chi connectivity index (χ3n) is 3.78. The highest BCUT2D eigenvalue weighted by Gasteiger charge is 2.13. The first-order valence-electron chi connectivity index (χ1n) is 6.74. The molecule has 0 bridgehead atoms. The molecule has 0 amide bonds. The third-order valence-corrected chi connectivity index (χ3v) is 3.78. The van der Waals surface area contributed by atoms with E-state index in [0.29, 0.717) is 5.58 Å². The largest absolute Gasteiger partial charge is 0.419 e. The lowest BCUT2D eigenvalue weighted by molar-refractivity contribution is 0.512. The van der Waals surface area contributed by atoms with E-state index < -0.39 is 0 Å². The summed E-state index contributed by atoms with van der Waals surface area (Å²) >= 11 is 0. The Kier molecular flexibility index (Phi) is 3.40. The van der Waals surface area contributed by atoms with Gasteiger partial charge in [0.05, 0.1) is 5.52 Å². The fourth-order valence-corrected chi connectivity index (χ4v) is 2.59. The third kappa shape index (κ3) is 2.57. The second-order valence-corrected chi connectivity index (χ2v) is 5.22. The summed E-state index contributed by atoms with van der Waals surface area (Å²) in [7, 11) is 1.73. The Labute approximate surface area is 111 Å². The van der Waals surface area contributed by atoms with E-state index in [-0.39, 0.29) is 5.76 Å². The summed E-state index contributed by atoms with van der Waals surface area (Å²) < 4.78 is 6.66. The van der Waals surface area contributed by atoms with Gasteiger partial charge >= 0.3 is 5.76 Å². The number of fused-ring (bicyclic) bond motifs is 1. The number of rotatable bonds is 4. The molecule has 1 atom stereocenters. The minimum atomic E-state index is -0.308. The number of hydrogen-bond donors (Lipinski definition) is 2. The minimum Gasteiger partial charge on any atom is -0.408 e. The summed E-state index contributed by atoms with van der Waals surface area (Å²) in [6, 6.07) is 5.89. The Bertz CT molecular complexity index is 623. The van der Waals surface area contributed by atoms with Crippen LogP contribution in [0.15, 0.2) is 27.4 Å². The van der Waals surface area contributed by atoms with E-state index >= 15 is 0 Å². The van der Waals surface area contributed by atoms with Crippen LogP contribution in [0.3, 0.4) is 0 Å². The molecule has 1 fully saturated rings. The van der Waals surface area contributed by atoms with E-state index in [9.17, 15) is 4.79 Å². The average molecular weight is 261 g/mol. The van der Waals surface area contributed by atoms with E-state index in [1.165, 1.54) is 12.0 Å². The van der Waals surface area contributed by atoms with Crippen molar-refractivity contribution >= 4 is 11.1 Å². The van der Waals surface area contributed by atoms with E-state index in [4.69, 9.17) is 4.42 Å². The maximum absolute atomic E-state index is 11.4. The maximum atomic E-state index is 11.4. The molecule has 19 heavy (non-hydrogen) atoms. The summed E-state index contributed by atoms with van der Waals surface area (Å²) in [5.74, 6) is 0.430. The van der Waals surface area contributed by atoms with Gasteiger partial charge in [-0.1, -0.05) is 6.07 Å². The lowest BCUT2D eigenvalue weighted by Gasteiger charge is -2.10. The van der Waals surface area contributed by atoms with Gasteiger partial charge in [-0.05, 0) is 49.7 Å². The van der Waals surface area contributed by atoms with E-state index in [2.05, 4.69) is 10.6 Å². The summed E-state index contributed by atoms with van der Waals surface area (Å²) in [4.78, 5) is 11.4. The van der Waals surface area contributed by atoms with Crippen LogP contribution in [0.25, 0.3) is 11.1 Å². The van der Waals surface area contributed by atoms with E-state index in [0.717, 1.165) is 37.6 Å². The predicted octanol–water partition coefficient (Wildman–Crippen LogP) is 0.831. The second-order valence-electron chi connectivity index (χ2n) is 5.22. The quantitative estimate of drug-likeness (QED) is 0.856. The minimum absolute atomic E-state index is 0.308. The molecule has 5 heteroatoms. The van der Waals surface area contributed by atoms with E-state index in [1.54, 1.807) is 11.6 Å². The first kappa shape index (κ1) is 12.4. The molecule has 1 aromatic carbocycles. The molecule has 1 saturated heterocycles. The topological polar surface area (TPSA) is 59.2 Å². The molecule has 0 radical (unpaired) electrons. The Hall–Kier alpha value is -1.59. The number of oxazole rings is 1. The lowest BCUT2D eigenvalue weighted by Crippen LogP contribution is -2.24. The highest BCUT2D eigenvalue weighted by Crippen LogP contribution is 2.14. The van der Waals surface area contributed by atoms with Gasteiger partial charge in [-0.3, -0.25) is 4.57 Å². The van der Waals surface area contributed by atoms with Crippen molar-refractivity contribution in [2.24, 2.45) is 13.0 Å². The van der Waals surface area contributed by atoms with Gasteiger partial charge in [0.15, 0.2) is 5.58 Å². The van der Waals surface area contributed by atoms with Crippen molar-refractivity contribution < 1.29 is 4.42 Å². The zero-order valence-corrected chi connectivity index (χ0v) is 11.1. The van der Waals surface area contributed by atoms with Crippen molar-refractivity contribution in [3.8, 4) is 0 Å². The molecule has 1 aliphatic heterocycles. The van der Waals surface area contributed by atoms with Crippen molar-refractivity contribution in [1.82, 2.24) is 15.2 Å². The SMILES string of the molecule is Cn1c(=O)oc2ccc(CNCC3CCNC3)cc21. The van der Waals surface area contributed by atoms with Gasteiger partial charge < -0.3 is 15.1 Å². The predicted molar refractivity (Wildman–Crippen MR) is 74.1 cm³/mol. The van der Waals surface area contributed by atoms with Gasteiger partial charge in [0.25, 0.3) is 0 Å². The zero-order valence-electron chi connectivity index (χ0n) is 11.1. The van der Waals surface area contributed by atoms with Crippen LogP contribution in [-0.4, -0.2) is 24.2 Å². The molecule has 5 nitrogen and oxygen atoms in total. The van der Waals surface area contributed by atoms with Gasteiger partial charge in [-0.2, -0.15) is 0 Å². The van der Waals surface area contributed by atoms with Crippen molar-refractivity contribution in [3.05, 3.63) is 34.3 Å².